The monoisotopic (exact) mass is 303 g/mol. The zero-order valence-electron chi connectivity index (χ0n) is 13.0. The van der Waals surface area contributed by atoms with Crippen LogP contribution in [-0.4, -0.2) is 43.4 Å². The summed E-state index contributed by atoms with van der Waals surface area (Å²) >= 11 is 0. The van der Waals surface area contributed by atoms with E-state index in [1.54, 1.807) is 35.3 Å². The molecule has 0 N–H and O–H groups in total. The lowest BCUT2D eigenvalue weighted by Gasteiger charge is -2.19. The van der Waals surface area contributed by atoms with Crippen molar-refractivity contribution in [3.05, 3.63) is 49.1 Å². The Hall–Kier alpha value is -2.56. The molecule has 0 heterocycles. The molecule has 0 unspecified atom stereocenters. The molecule has 22 heavy (non-hydrogen) atoms. The SMILES string of the molecule is C=CCN(CC=C)C(=O)COc1ccc(C(C)=O)cc1OC. The predicted molar refractivity (Wildman–Crippen MR) is 85.5 cm³/mol. The van der Waals surface area contributed by atoms with Crippen molar-refractivity contribution in [2.75, 3.05) is 26.8 Å². The van der Waals surface area contributed by atoms with Gasteiger partial charge in [-0.1, -0.05) is 12.2 Å². The Balaban J connectivity index is 2.78. The molecule has 5 nitrogen and oxygen atoms in total. The van der Waals surface area contributed by atoms with E-state index in [0.29, 0.717) is 30.2 Å². The maximum Gasteiger partial charge on any atom is 0.261 e. The summed E-state index contributed by atoms with van der Waals surface area (Å²) in [6, 6.07) is 4.84. The molecule has 0 fully saturated rings. The number of ketones is 1. The van der Waals surface area contributed by atoms with E-state index < -0.39 is 0 Å². The molecule has 0 aliphatic rings. The van der Waals surface area contributed by atoms with Crippen LogP contribution in [0.1, 0.15) is 17.3 Å². The quantitative estimate of drug-likeness (QED) is 0.519. The van der Waals surface area contributed by atoms with E-state index in [1.807, 2.05) is 0 Å². The second-order valence-corrected chi connectivity index (χ2v) is 4.59. The fourth-order valence-corrected chi connectivity index (χ4v) is 1.83. The van der Waals surface area contributed by atoms with Crippen LogP contribution in [0.15, 0.2) is 43.5 Å². The summed E-state index contributed by atoms with van der Waals surface area (Å²) in [4.78, 5) is 25.0. The molecule has 0 aromatic heterocycles. The van der Waals surface area contributed by atoms with Crippen LogP contribution in [0.2, 0.25) is 0 Å². The number of ether oxygens (including phenoxy) is 2. The number of carbonyl (C=O) groups is 2. The molecule has 118 valence electrons. The van der Waals surface area contributed by atoms with E-state index in [4.69, 9.17) is 9.47 Å². The summed E-state index contributed by atoms with van der Waals surface area (Å²) in [5, 5.41) is 0. The van der Waals surface area contributed by atoms with Crippen LogP contribution in [0.5, 0.6) is 11.5 Å². The van der Waals surface area contributed by atoms with Gasteiger partial charge in [-0.15, -0.1) is 13.2 Å². The Labute approximate surface area is 130 Å². The average molecular weight is 303 g/mol. The summed E-state index contributed by atoms with van der Waals surface area (Å²) in [6.45, 7) is 9.43. The normalized spacial score (nSPS) is 9.73. The van der Waals surface area contributed by atoms with Gasteiger partial charge >= 0.3 is 0 Å². The standard InChI is InChI=1S/C17H21NO4/c1-5-9-18(10-6-2)17(20)12-22-15-8-7-14(13(3)19)11-16(15)21-4/h5-8,11H,1-2,9-10,12H2,3-4H3. The Bertz CT molecular complexity index is 556. The predicted octanol–water partition coefficient (Wildman–Crippen LogP) is 2.48. The zero-order valence-corrected chi connectivity index (χ0v) is 13.0. The van der Waals surface area contributed by atoms with Gasteiger partial charge < -0.3 is 14.4 Å². The van der Waals surface area contributed by atoms with Crippen molar-refractivity contribution in [2.45, 2.75) is 6.92 Å². The van der Waals surface area contributed by atoms with E-state index in [0.717, 1.165) is 0 Å². The molecule has 0 aliphatic carbocycles. The van der Waals surface area contributed by atoms with Crippen molar-refractivity contribution in [2.24, 2.45) is 0 Å². The first-order valence-corrected chi connectivity index (χ1v) is 6.84. The minimum atomic E-state index is -0.183. The second-order valence-electron chi connectivity index (χ2n) is 4.59. The van der Waals surface area contributed by atoms with Crippen LogP contribution >= 0.6 is 0 Å². The summed E-state index contributed by atoms with van der Waals surface area (Å²) in [5.41, 5.74) is 0.524. The van der Waals surface area contributed by atoms with Crippen LogP contribution in [0.25, 0.3) is 0 Å². The van der Waals surface area contributed by atoms with Crippen molar-refractivity contribution in [1.82, 2.24) is 4.90 Å². The van der Waals surface area contributed by atoms with E-state index in [-0.39, 0.29) is 18.3 Å². The van der Waals surface area contributed by atoms with Gasteiger partial charge in [-0.3, -0.25) is 9.59 Å². The highest BCUT2D eigenvalue weighted by Crippen LogP contribution is 2.28. The van der Waals surface area contributed by atoms with Gasteiger partial charge in [-0.2, -0.15) is 0 Å². The molecule has 0 radical (unpaired) electrons. The highest BCUT2D eigenvalue weighted by atomic mass is 16.5. The molecular formula is C17H21NO4. The molecule has 0 saturated carbocycles. The molecule has 0 spiro atoms. The summed E-state index contributed by atoms with van der Waals surface area (Å²) in [7, 11) is 1.48. The van der Waals surface area contributed by atoms with Gasteiger partial charge in [0, 0.05) is 18.7 Å². The minimum Gasteiger partial charge on any atom is -0.493 e. The molecular weight excluding hydrogens is 282 g/mol. The van der Waals surface area contributed by atoms with E-state index >= 15 is 0 Å². The zero-order chi connectivity index (χ0) is 16.5. The van der Waals surface area contributed by atoms with E-state index in [9.17, 15) is 9.59 Å². The number of nitrogens with zero attached hydrogens (tertiary/aromatic N) is 1. The molecule has 0 bridgehead atoms. The fraction of sp³-hybridized carbons (Fsp3) is 0.294. The molecule has 0 saturated heterocycles. The number of Topliss-reactive ketones (excluding diaryl/α,β-unsaturated/α-hetero) is 1. The topological polar surface area (TPSA) is 55.8 Å². The molecule has 1 rings (SSSR count). The van der Waals surface area contributed by atoms with E-state index in [2.05, 4.69) is 13.2 Å². The maximum atomic E-state index is 12.1. The minimum absolute atomic E-state index is 0.0657. The lowest BCUT2D eigenvalue weighted by atomic mass is 10.1. The first kappa shape index (κ1) is 17.5. The molecule has 5 heteroatoms. The molecule has 0 aliphatic heterocycles. The molecule has 0 atom stereocenters. The van der Waals surface area contributed by atoms with Crippen LogP contribution in [0.4, 0.5) is 0 Å². The van der Waals surface area contributed by atoms with Crippen molar-refractivity contribution >= 4 is 11.7 Å². The molecule has 1 amide bonds. The summed E-state index contributed by atoms with van der Waals surface area (Å²) in [6.07, 6.45) is 3.28. The highest BCUT2D eigenvalue weighted by molar-refractivity contribution is 5.94. The van der Waals surface area contributed by atoms with Crippen LogP contribution in [-0.2, 0) is 4.79 Å². The van der Waals surface area contributed by atoms with Crippen LogP contribution < -0.4 is 9.47 Å². The first-order chi connectivity index (χ1) is 10.5. The number of amides is 1. The van der Waals surface area contributed by atoms with Gasteiger partial charge in [0.2, 0.25) is 0 Å². The van der Waals surface area contributed by atoms with Crippen molar-refractivity contribution in [3.63, 3.8) is 0 Å². The third-order valence-corrected chi connectivity index (χ3v) is 2.97. The average Bonchev–Trinajstić information content (AvgIpc) is 2.52. The highest BCUT2D eigenvalue weighted by Gasteiger charge is 2.14. The number of carbonyl (C=O) groups excluding carboxylic acids is 2. The number of rotatable bonds is 9. The smallest absolute Gasteiger partial charge is 0.261 e. The second kappa shape index (κ2) is 8.67. The summed E-state index contributed by atoms with van der Waals surface area (Å²) in [5.74, 6) is 0.582. The Morgan fingerprint density at radius 3 is 2.32 bits per heavy atom. The third kappa shape index (κ3) is 4.77. The number of methoxy groups -OCH3 is 1. The van der Waals surface area contributed by atoms with E-state index in [1.165, 1.54) is 14.0 Å². The Morgan fingerprint density at radius 1 is 1.18 bits per heavy atom. The maximum absolute atomic E-state index is 12.1. The van der Waals surface area contributed by atoms with Crippen molar-refractivity contribution < 1.29 is 19.1 Å². The first-order valence-electron chi connectivity index (χ1n) is 6.84. The fourth-order valence-electron chi connectivity index (χ4n) is 1.83. The van der Waals surface area contributed by atoms with Crippen LogP contribution in [0, 0.1) is 0 Å². The number of benzene rings is 1. The number of hydrogen-bond acceptors (Lipinski definition) is 4. The Morgan fingerprint density at radius 2 is 1.82 bits per heavy atom. The Kier molecular flexibility index (Phi) is 6.89. The largest absolute Gasteiger partial charge is 0.493 e. The molecule has 1 aromatic rings. The lowest BCUT2D eigenvalue weighted by molar-refractivity contribution is -0.132. The lowest BCUT2D eigenvalue weighted by Crippen LogP contribution is -2.35. The summed E-state index contributed by atoms with van der Waals surface area (Å²) < 4.78 is 10.7. The van der Waals surface area contributed by atoms with Crippen molar-refractivity contribution in [1.29, 1.82) is 0 Å². The van der Waals surface area contributed by atoms with Gasteiger partial charge in [0.25, 0.3) is 5.91 Å². The van der Waals surface area contributed by atoms with Crippen molar-refractivity contribution in [3.8, 4) is 11.5 Å². The molecule has 1 aromatic carbocycles. The number of hydrogen-bond donors (Lipinski definition) is 0. The van der Waals surface area contributed by atoms with Gasteiger partial charge in [-0.05, 0) is 25.1 Å². The third-order valence-electron chi connectivity index (χ3n) is 2.97. The van der Waals surface area contributed by atoms with Gasteiger partial charge in [0.15, 0.2) is 23.9 Å². The van der Waals surface area contributed by atoms with Gasteiger partial charge in [-0.25, -0.2) is 0 Å². The van der Waals surface area contributed by atoms with Gasteiger partial charge in [0.1, 0.15) is 0 Å². The van der Waals surface area contributed by atoms with Gasteiger partial charge in [0.05, 0.1) is 7.11 Å². The van der Waals surface area contributed by atoms with Crippen LogP contribution in [0.3, 0.4) is 0 Å².